The van der Waals surface area contributed by atoms with Crippen LogP contribution in [0.5, 0.6) is 5.75 Å². The zero-order valence-electron chi connectivity index (χ0n) is 17.5. The second-order valence-electron chi connectivity index (χ2n) is 6.96. The molecule has 1 N–H and O–H groups in total. The first kappa shape index (κ1) is 21.7. The normalized spacial score (nSPS) is 10.8. The van der Waals surface area contributed by atoms with E-state index in [1.165, 1.54) is 11.3 Å². The van der Waals surface area contributed by atoms with Crippen molar-refractivity contribution in [1.82, 2.24) is 14.8 Å². The van der Waals surface area contributed by atoms with Crippen molar-refractivity contribution in [1.29, 1.82) is 0 Å². The lowest BCUT2D eigenvalue weighted by atomic mass is 10.1. The fraction of sp³-hybridized carbons (Fsp3) is 0.130. The van der Waals surface area contributed by atoms with Crippen molar-refractivity contribution in [2.45, 2.75) is 13.8 Å². The number of ketones is 1. The van der Waals surface area contributed by atoms with Crippen molar-refractivity contribution < 1.29 is 14.3 Å². The molecular weight excluding hydrogens is 448 g/mol. The smallest absolute Gasteiger partial charge is 0.298 e. The van der Waals surface area contributed by atoms with Gasteiger partial charge in [-0.3, -0.25) is 14.9 Å². The van der Waals surface area contributed by atoms with E-state index >= 15 is 0 Å². The highest BCUT2D eigenvalue weighted by atomic mass is 35.5. The Hall–Kier alpha value is -3.49. The van der Waals surface area contributed by atoms with Gasteiger partial charge in [-0.15, -0.1) is 11.3 Å². The molecule has 4 rings (SSSR count). The molecule has 0 unspecified atom stereocenters. The third-order valence-corrected chi connectivity index (χ3v) is 5.95. The van der Waals surface area contributed by atoms with E-state index < -0.39 is 11.7 Å². The number of rotatable bonds is 6. The van der Waals surface area contributed by atoms with Gasteiger partial charge in [0, 0.05) is 10.9 Å². The summed E-state index contributed by atoms with van der Waals surface area (Å²) in [4.78, 5) is 30.0. The van der Waals surface area contributed by atoms with Gasteiger partial charge in [-0.1, -0.05) is 29.8 Å². The van der Waals surface area contributed by atoms with Gasteiger partial charge >= 0.3 is 0 Å². The monoisotopic (exact) mass is 466 g/mol. The van der Waals surface area contributed by atoms with Gasteiger partial charge in [-0.2, -0.15) is 5.10 Å². The molecule has 0 saturated carbocycles. The second kappa shape index (κ2) is 8.94. The number of carbonyl (C=O) groups is 2. The maximum absolute atomic E-state index is 12.9. The zero-order chi connectivity index (χ0) is 22.8. The van der Waals surface area contributed by atoms with Gasteiger partial charge in [0.25, 0.3) is 11.7 Å². The Kier molecular flexibility index (Phi) is 6.07. The van der Waals surface area contributed by atoms with Crippen molar-refractivity contribution in [2.75, 3.05) is 12.4 Å². The first-order valence-corrected chi connectivity index (χ1v) is 10.9. The van der Waals surface area contributed by atoms with E-state index in [1.54, 1.807) is 43.2 Å². The van der Waals surface area contributed by atoms with E-state index in [2.05, 4.69) is 15.4 Å². The van der Waals surface area contributed by atoms with E-state index in [0.717, 1.165) is 11.3 Å². The number of Topliss-reactive ketones (excluding diaryl/α,β-unsaturated/α-hetero) is 1. The number of carbonyl (C=O) groups excluding carboxylic acids is 2. The van der Waals surface area contributed by atoms with Crippen molar-refractivity contribution in [3.05, 3.63) is 75.9 Å². The number of amides is 1. The van der Waals surface area contributed by atoms with Crippen LogP contribution in [0.2, 0.25) is 5.02 Å². The number of para-hydroxylation sites is 1. The maximum Gasteiger partial charge on any atom is 0.298 e. The highest BCUT2D eigenvalue weighted by molar-refractivity contribution is 7.14. The highest BCUT2D eigenvalue weighted by Crippen LogP contribution is 2.32. The molecule has 0 spiro atoms. The summed E-state index contributed by atoms with van der Waals surface area (Å²) in [5.74, 6) is -0.865. The standard InChI is InChI=1S/C23H19ClN4O3S/c1-13-20(14(2)28(27-13)16-7-5-4-6-8-16)21(29)22(30)26-23-25-18(12-32-23)15-9-10-19(31-3)17(24)11-15/h4-12H,1-3H3,(H,25,26,30). The van der Waals surface area contributed by atoms with Crippen molar-refractivity contribution >= 4 is 39.8 Å². The summed E-state index contributed by atoms with van der Waals surface area (Å²) >= 11 is 7.41. The van der Waals surface area contributed by atoms with Crippen LogP contribution in [-0.2, 0) is 4.79 Å². The highest BCUT2D eigenvalue weighted by Gasteiger charge is 2.26. The van der Waals surface area contributed by atoms with Crippen molar-refractivity contribution in [3.8, 4) is 22.7 Å². The predicted molar refractivity (Wildman–Crippen MR) is 125 cm³/mol. The van der Waals surface area contributed by atoms with Crippen LogP contribution in [0.4, 0.5) is 5.13 Å². The van der Waals surface area contributed by atoms with Crippen LogP contribution in [0, 0.1) is 13.8 Å². The minimum atomic E-state index is -0.766. The van der Waals surface area contributed by atoms with Crippen LogP contribution >= 0.6 is 22.9 Å². The topological polar surface area (TPSA) is 86.1 Å². The van der Waals surface area contributed by atoms with Gasteiger partial charge in [0.2, 0.25) is 0 Å². The second-order valence-corrected chi connectivity index (χ2v) is 8.23. The molecule has 0 aliphatic carbocycles. The maximum atomic E-state index is 12.9. The molecule has 4 aromatic rings. The molecule has 0 radical (unpaired) electrons. The molecule has 0 aliphatic rings. The Morgan fingerprint density at radius 1 is 1.12 bits per heavy atom. The molecule has 2 heterocycles. The van der Waals surface area contributed by atoms with Gasteiger partial charge in [-0.25, -0.2) is 9.67 Å². The molecular formula is C23H19ClN4O3S. The number of nitrogens with one attached hydrogen (secondary N) is 1. The van der Waals surface area contributed by atoms with Gasteiger partial charge in [0.05, 0.1) is 40.5 Å². The molecule has 0 saturated heterocycles. The van der Waals surface area contributed by atoms with Crippen LogP contribution in [0.1, 0.15) is 21.7 Å². The van der Waals surface area contributed by atoms with Crippen LogP contribution in [0.25, 0.3) is 16.9 Å². The van der Waals surface area contributed by atoms with Gasteiger partial charge in [-0.05, 0) is 44.2 Å². The molecule has 32 heavy (non-hydrogen) atoms. The Morgan fingerprint density at radius 2 is 1.88 bits per heavy atom. The van der Waals surface area contributed by atoms with Crippen molar-refractivity contribution in [3.63, 3.8) is 0 Å². The predicted octanol–water partition coefficient (Wildman–Crippen LogP) is 5.10. The largest absolute Gasteiger partial charge is 0.495 e. The first-order valence-electron chi connectivity index (χ1n) is 9.65. The number of thiazole rings is 1. The average Bonchev–Trinajstić information content (AvgIpc) is 3.37. The minimum Gasteiger partial charge on any atom is -0.495 e. The number of anilines is 1. The Bertz CT molecular complexity index is 1310. The van der Waals surface area contributed by atoms with E-state index in [9.17, 15) is 9.59 Å². The third kappa shape index (κ3) is 4.15. The number of ether oxygens (including phenoxy) is 1. The SMILES string of the molecule is COc1ccc(-c2csc(NC(=O)C(=O)c3c(C)nn(-c4ccccc4)c3C)n2)cc1Cl. The number of aromatic nitrogens is 3. The van der Waals surface area contributed by atoms with Crippen LogP contribution in [-0.4, -0.2) is 33.6 Å². The number of halogens is 1. The lowest BCUT2D eigenvalue weighted by molar-refractivity contribution is -0.112. The van der Waals surface area contributed by atoms with Crippen molar-refractivity contribution in [2.24, 2.45) is 0 Å². The number of aryl methyl sites for hydroxylation is 1. The molecule has 2 aromatic carbocycles. The van der Waals surface area contributed by atoms with E-state index in [-0.39, 0.29) is 5.56 Å². The Balaban J connectivity index is 1.54. The van der Waals surface area contributed by atoms with E-state index in [0.29, 0.717) is 33.0 Å². The zero-order valence-corrected chi connectivity index (χ0v) is 19.1. The molecule has 7 nitrogen and oxygen atoms in total. The summed E-state index contributed by atoms with van der Waals surface area (Å²) in [5, 5.41) is 9.59. The molecule has 9 heteroatoms. The van der Waals surface area contributed by atoms with E-state index in [4.69, 9.17) is 16.3 Å². The summed E-state index contributed by atoms with van der Waals surface area (Å²) in [7, 11) is 1.54. The lowest BCUT2D eigenvalue weighted by Gasteiger charge is -2.05. The fourth-order valence-electron chi connectivity index (χ4n) is 3.35. The van der Waals surface area contributed by atoms with Gasteiger partial charge in [0.15, 0.2) is 5.13 Å². The molecule has 0 fully saturated rings. The molecule has 1 amide bonds. The molecule has 162 valence electrons. The van der Waals surface area contributed by atoms with Gasteiger partial charge in [0.1, 0.15) is 5.75 Å². The van der Waals surface area contributed by atoms with Gasteiger partial charge < -0.3 is 4.74 Å². The molecule has 0 bridgehead atoms. The first-order chi connectivity index (χ1) is 15.4. The van der Waals surface area contributed by atoms with Crippen LogP contribution < -0.4 is 10.1 Å². The summed E-state index contributed by atoms with van der Waals surface area (Å²) in [5.41, 5.74) is 3.59. The minimum absolute atomic E-state index is 0.282. The average molecular weight is 467 g/mol. The van der Waals surface area contributed by atoms with Crippen LogP contribution in [0.3, 0.4) is 0 Å². The number of nitrogens with zero attached hydrogens (tertiary/aromatic N) is 3. The molecule has 0 aliphatic heterocycles. The van der Waals surface area contributed by atoms with Crippen LogP contribution in [0.15, 0.2) is 53.9 Å². The number of benzene rings is 2. The quantitative estimate of drug-likeness (QED) is 0.315. The Morgan fingerprint density at radius 3 is 2.56 bits per heavy atom. The lowest BCUT2D eigenvalue weighted by Crippen LogP contribution is -2.24. The fourth-order valence-corrected chi connectivity index (χ4v) is 4.32. The summed E-state index contributed by atoms with van der Waals surface area (Å²) in [6, 6.07) is 14.7. The van der Waals surface area contributed by atoms with E-state index in [1.807, 2.05) is 36.4 Å². The number of hydrogen-bond donors (Lipinski definition) is 1. The summed E-state index contributed by atoms with van der Waals surface area (Å²) in [6.45, 7) is 3.48. The molecule has 2 aromatic heterocycles. The summed E-state index contributed by atoms with van der Waals surface area (Å²) in [6.07, 6.45) is 0. The summed E-state index contributed by atoms with van der Waals surface area (Å²) < 4.78 is 6.82. The molecule has 0 atom stereocenters. The number of hydrogen-bond acceptors (Lipinski definition) is 6. The Labute approximate surface area is 193 Å². The number of methoxy groups -OCH3 is 1. The third-order valence-electron chi connectivity index (χ3n) is 4.90.